The van der Waals surface area contributed by atoms with Crippen molar-refractivity contribution in [3.05, 3.63) is 96.3 Å². The molecule has 0 aliphatic carbocycles. The number of carbonyl (C=O) groups excluding carboxylic acids is 1. The third-order valence-corrected chi connectivity index (χ3v) is 3.68. The van der Waals surface area contributed by atoms with Crippen LogP contribution in [0, 0.1) is 0 Å². The minimum atomic E-state index is -0.760. The molecule has 0 amide bonds. The molecule has 0 spiro atoms. The van der Waals surface area contributed by atoms with Gasteiger partial charge in [0.2, 0.25) is 0 Å². The second-order valence-electron chi connectivity index (χ2n) is 5.53. The van der Waals surface area contributed by atoms with Gasteiger partial charge >= 0.3 is 6.16 Å². The Hall–Kier alpha value is -3.07. The van der Waals surface area contributed by atoms with Gasteiger partial charge in [0.05, 0.1) is 0 Å². The molecule has 0 bridgehead atoms. The van der Waals surface area contributed by atoms with E-state index in [4.69, 9.17) is 9.47 Å². The molecule has 3 aromatic rings. The molecule has 0 heterocycles. The van der Waals surface area contributed by atoms with Crippen LogP contribution in [0.5, 0.6) is 0 Å². The zero-order valence-electron chi connectivity index (χ0n) is 13.4. The summed E-state index contributed by atoms with van der Waals surface area (Å²) in [6.45, 7) is 5.18. The molecule has 3 heteroatoms. The van der Waals surface area contributed by atoms with Crippen LogP contribution in [0.1, 0.15) is 24.2 Å². The number of fused-ring (bicyclic) bond motifs is 1. The number of rotatable bonds is 4. The smallest absolute Gasteiger partial charge is 0.421 e. The number of allylic oxidation sites excluding steroid dienone is 1. The molecule has 0 aliphatic rings. The van der Waals surface area contributed by atoms with E-state index in [0.29, 0.717) is 5.76 Å². The maximum atomic E-state index is 12.0. The lowest BCUT2D eigenvalue weighted by Crippen LogP contribution is -2.13. The topological polar surface area (TPSA) is 35.5 Å². The summed E-state index contributed by atoms with van der Waals surface area (Å²) in [4.78, 5) is 12.0. The maximum absolute atomic E-state index is 12.0. The van der Waals surface area contributed by atoms with Crippen LogP contribution in [-0.4, -0.2) is 6.16 Å². The standard InChI is InChI=1S/C21H18O3/c1-15(2)23-21(22)24-20(17-10-4-3-5-11-17)19-14-8-12-16-9-6-7-13-18(16)19/h3-14,20H,1H2,2H3. The monoisotopic (exact) mass is 318 g/mol. The first kappa shape index (κ1) is 15.8. The second-order valence-corrected chi connectivity index (χ2v) is 5.53. The van der Waals surface area contributed by atoms with E-state index in [1.54, 1.807) is 6.92 Å². The van der Waals surface area contributed by atoms with Gasteiger partial charge in [-0.25, -0.2) is 4.79 Å². The average molecular weight is 318 g/mol. The lowest BCUT2D eigenvalue weighted by atomic mass is 9.96. The summed E-state index contributed by atoms with van der Waals surface area (Å²) in [5.74, 6) is 0.296. The van der Waals surface area contributed by atoms with E-state index in [1.807, 2.05) is 72.8 Å². The number of ether oxygens (including phenoxy) is 2. The number of benzene rings is 3. The average Bonchev–Trinajstić information content (AvgIpc) is 2.59. The van der Waals surface area contributed by atoms with Crippen molar-refractivity contribution < 1.29 is 14.3 Å². The minimum absolute atomic E-state index is 0.296. The highest BCUT2D eigenvalue weighted by molar-refractivity contribution is 5.86. The highest BCUT2D eigenvalue weighted by Crippen LogP contribution is 2.32. The molecular weight excluding hydrogens is 300 g/mol. The molecule has 120 valence electrons. The number of carbonyl (C=O) groups is 1. The fraction of sp³-hybridized carbons (Fsp3) is 0.0952. The van der Waals surface area contributed by atoms with Gasteiger partial charge in [0.1, 0.15) is 5.76 Å². The quantitative estimate of drug-likeness (QED) is 0.463. The first-order chi connectivity index (χ1) is 11.6. The van der Waals surface area contributed by atoms with E-state index < -0.39 is 12.3 Å². The maximum Gasteiger partial charge on any atom is 0.514 e. The molecule has 0 fully saturated rings. The third kappa shape index (κ3) is 3.46. The van der Waals surface area contributed by atoms with Crippen molar-refractivity contribution in [2.75, 3.05) is 0 Å². The summed E-state index contributed by atoms with van der Waals surface area (Å²) in [6, 6.07) is 23.6. The minimum Gasteiger partial charge on any atom is -0.421 e. The first-order valence-corrected chi connectivity index (χ1v) is 7.72. The van der Waals surface area contributed by atoms with Crippen LogP contribution in [0.15, 0.2) is 85.1 Å². The van der Waals surface area contributed by atoms with Crippen molar-refractivity contribution in [2.45, 2.75) is 13.0 Å². The second kappa shape index (κ2) is 7.01. The Kier molecular flexibility index (Phi) is 4.62. The Labute approximate surface area is 141 Å². The third-order valence-electron chi connectivity index (χ3n) is 3.68. The highest BCUT2D eigenvalue weighted by atomic mass is 16.7. The van der Waals surface area contributed by atoms with Crippen LogP contribution in [0.3, 0.4) is 0 Å². The summed E-state index contributed by atoms with van der Waals surface area (Å²) < 4.78 is 10.6. The van der Waals surface area contributed by atoms with Gasteiger partial charge < -0.3 is 9.47 Å². The van der Waals surface area contributed by atoms with Gasteiger partial charge in [0.15, 0.2) is 6.10 Å². The van der Waals surface area contributed by atoms with Gasteiger partial charge in [-0.1, -0.05) is 79.4 Å². The van der Waals surface area contributed by atoms with Crippen molar-refractivity contribution in [2.24, 2.45) is 0 Å². The molecule has 0 saturated heterocycles. The molecule has 3 rings (SSSR count). The van der Waals surface area contributed by atoms with Crippen molar-refractivity contribution in [3.8, 4) is 0 Å². The number of hydrogen-bond donors (Lipinski definition) is 0. The van der Waals surface area contributed by atoms with Gasteiger partial charge in [-0.05, 0) is 23.3 Å². The summed E-state index contributed by atoms with van der Waals surface area (Å²) >= 11 is 0. The fourth-order valence-corrected chi connectivity index (χ4v) is 2.68. The summed E-state index contributed by atoms with van der Waals surface area (Å²) in [7, 11) is 0. The molecule has 0 radical (unpaired) electrons. The Morgan fingerprint density at radius 2 is 1.58 bits per heavy atom. The Balaban J connectivity index is 2.07. The van der Waals surface area contributed by atoms with Crippen molar-refractivity contribution >= 4 is 16.9 Å². The highest BCUT2D eigenvalue weighted by Gasteiger charge is 2.22. The lowest BCUT2D eigenvalue weighted by Gasteiger charge is -2.20. The van der Waals surface area contributed by atoms with E-state index in [1.165, 1.54) is 0 Å². The Morgan fingerprint density at radius 1 is 0.917 bits per heavy atom. The van der Waals surface area contributed by atoms with Crippen molar-refractivity contribution in [1.29, 1.82) is 0 Å². The van der Waals surface area contributed by atoms with E-state index in [2.05, 4.69) is 6.58 Å². The largest absolute Gasteiger partial charge is 0.514 e. The van der Waals surface area contributed by atoms with Crippen molar-refractivity contribution in [1.82, 2.24) is 0 Å². The van der Waals surface area contributed by atoms with Crippen LogP contribution in [-0.2, 0) is 9.47 Å². The molecule has 0 aromatic heterocycles. The molecular formula is C21H18O3. The van der Waals surface area contributed by atoms with E-state index in [0.717, 1.165) is 21.9 Å². The van der Waals surface area contributed by atoms with Crippen LogP contribution in [0.2, 0.25) is 0 Å². The molecule has 3 aromatic carbocycles. The number of hydrogen-bond acceptors (Lipinski definition) is 3. The van der Waals surface area contributed by atoms with Gasteiger partial charge in [-0.2, -0.15) is 0 Å². The lowest BCUT2D eigenvalue weighted by molar-refractivity contribution is 0.0547. The van der Waals surface area contributed by atoms with Crippen LogP contribution < -0.4 is 0 Å². The van der Waals surface area contributed by atoms with Crippen LogP contribution in [0.4, 0.5) is 4.79 Å². The Bertz CT molecular complexity index is 863. The molecule has 24 heavy (non-hydrogen) atoms. The predicted octanol–water partition coefficient (Wildman–Crippen LogP) is 5.62. The van der Waals surface area contributed by atoms with Crippen LogP contribution >= 0.6 is 0 Å². The molecule has 0 saturated carbocycles. The molecule has 0 N–H and O–H groups in total. The van der Waals surface area contributed by atoms with E-state index >= 15 is 0 Å². The summed E-state index contributed by atoms with van der Waals surface area (Å²) in [5.41, 5.74) is 1.80. The van der Waals surface area contributed by atoms with Crippen LogP contribution in [0.25, 0.3) is 10.8 Å². The first-order valence-electron chi connectivity index (χ1n) is 7.72. The van der Waals surface area contributed by atoms with Gasteiger partial charge in [0, 0.05) is 5.56 Å². The van der Waals surface area contributed by atoms with Gasteiger partial charge in [0.25, 0.3) is 0 Å². The van der Waals surface area contributed by atoms with E-state index in [-0.39, 0.29) is 0 Å². The van der Waals surface area contributed by atoms with Gasteiger partial charge in [-0.3, -0.25) is 0 Å². The summed E-state index contributed by atoms with van der Waals surface area (Å²) in [5, 5.41) is 2.13. The Morgan fingerprint density at radius 3 is 2.33 bits per heavy atom. The molecule has 1 unspecified atom stereocenters. The van der Waals surface area contributed by atoms with E-state index in [9.17, 15) is 4.79 Å². The van der Waals surface area contributed by atoms with Crippen molar-refractivity contribution in [3.63, 3.8) is 0 Å². The van der Waals surface area contributed by atoms with Gasteiger partial charge in [-0.15, -0.1) is 0 Å². The SMILES string of the molecule is C=C(C)OC(=O)OC(c1ccccc1)c1cccc2ccccc12. The molecule has 0 aliphatic heterocycles. The normalized spacial score (nSPS) is 11.7. The molecule has 1 atom stereocenters. The molecule has 3 nitrogen and oxygen atoms in total. The summed E-state index contributed by atoms with van der Waals surface area (Å²) in [6.07, 6.45) is -1.31. The zero-order valence-corrected chi connectivity index (χ0v) is 13.4. The zero-order chi connectivity index (χ0) is 16.9. The predicted molar refractivity (Wildman–Crippen MR) is 94.6 cm³/mol. The fourth-order valence-electron chi connectivity index (χ4n) is 2.68.